The van der Waals surface area contributed by atoms with Gasteiger partial charge in [-0.1, -0.05) is 51.1 Å². The van der Waals surface area contributed by atoms with E-state index >= 15 is 4.39 Å². The van der Waals surface area contributed by atoms with Gasteiger partial charge in [0.05, 0.1) is 16.3 Å². The second-order valence-electron chi connectivity index (χ2n) is 10.5. The largest absolute Gasteiger partial charge is 0.417 e. The van der Waals surface area contributed by atoms with Crippen molar-refractivity contribution < 1.29 is 39.2 Å². The van der Waals surface area contributed by atoms with Gasteiger partial charge in [0.15, 0.2) is 5.82 Å². The molecular weight excluding hydrogens is 525 g/mol. The second-order valence-corrected chi connectivity index (χ2v) is 12.5. The van der Waals surface area contributed by atoms with Gasteiger partial charge in [-0.25, -0.2) is 12.8 Å². The average Bonchev–Trinajstić information content (AvgIpc) is 3.54. The third-order valence-electron chi connectivity index (χ3n) is 6.06. The zero-order chi connectivity index (χ0) is 27.6. The molecule has 1 aliphatic rings. The van der Waals surface area contributed by atoms with E-state index in [0.29, 0.717) is 0 Å². The minimum atomic E-state index is -5.05. The number of rotatable bonds is 6. The molecule has 4 nitrogen and oxygen atoms in total. The van der Waals surface area contributed by atoms with Gasteiger partial charge in [0.1, 0.15) is 6.04 Å². The van der Waals surface area contributed by atoms with E-state index in [-0.39, 0.29) is 30.3 Å². The minimum Gasteiger partial charge on any atom is -0.344 e. The van der Waals surface area contributed by atoms with Gasteiger partial charge in [0.2, 0.25) is 10.0 Å². The molecule has 0 aliphatic heterocycles. The van der Waals surface area contributed by atoms with Crippen molar-refractivity contribution in [3.05, 3.63) is 59.5 Å². The van der Waals surface area contributed by atoms with Crippen molar-refractivity contribution in [2.45, 2.75) is 63.8 Å². The molecule has 0 bridgehead atoms. The Bertz CT molecular complexity index is 1430. The van der Waals surface area contributed by atoms with Crippen molar-refractivity contribution in [2.75, 3.05) is 0 Å². The third kappa shape index (κ3) is 5.64. The maximum atomic E-state index is 16.0. The first-order chi connectivity index (χ1) is 16.9. The molecule has 1 aliphatic carbocycles. The molecule has 0 amide bonds. The lowest BCUT2D eigenvalue weighted by Gasteiger charge is -2.22. The number of sulfonamides is 1. The van der Waals surface area contributed by atoms with Gasteiger partial charge in [0.25, 0.3) is 0 Å². The molecule has 1 saturated carbocycles. The Morgan fingerprint density at radius 3 is 2.14 bits per heavy atom. The predicted octanol–water partition coefficient (Wildman–Crippen LogP) is 7.20. The highest BCUT2D eigenvalue weighted by atomic mass is 32.2. The number of aromatic nitrogens is 1. The van der Waals surface area contributed by atoms with E-state index in [2.05, 4.69) is 0 Å². The van der Waals surface area contributed by atoms with Crippen molar-refractivity contribution in [1.82, 2.24) is 9.29 Å². The number of benzene rings is 2. The van der Waals surface area contributed by atoms with Gasteiger partial charge in [-0.15, -0.1) is 0 Å². The lowest BCUT2D eigenvalue weighted by molar-refractivity contribution is -0.152. The normalized spacial score (nSPS) is 16.4. The number of nitrogens with one attached hydrogen (secondary N) is 1. The summed E-state index contributed by atoms with van der Waals surface area (Å²) in [5.74, 6) is -1.13. The van der Waals surface area contributed by atoms with E-state index < -0.39 is 67.2 Å². The molecule has 12 heteroatoms. The van der Waals surface area contributed by atoms with Crippen LogP contribution in [0.15, 0.2) is 42.6 Å². The fraction of sp³-hybridized carbons (Fsp3) is 0.440. The van der Waals surface area contributed by atoms with Crippen LogP contribution < -0.4 is 4.72 Å². The van der Waals surface area contributed by atoms with Gasteiger partial charge in [-0.2, -0.15) is 31.1 Å². The Morgan fingerprint density at radius 1 is 0.973 bits per heavy atom. The van der Waals surface area contributed by atoms with Gasteiger partial charge in [0, 0.05) is 29.3 Å². The summed E-state index contributed by atoms with van der Waals surface area (Å²) in [6.45, 7) is 5.30. The summed E-state index contributed by atoms with van der Waals surface area (Å²) in [7, 11) is -4.29. The van der Waals surface area contributed by atoms with Crippen molar-refractivity contribution in [2.24, 2.45) is 5.41 Å². The maximum absolute atomic E-state index is 16.0. The second kappa shape index (κ2) is 9.00. The van der Waals surface area contributed by atoms with Crippen LogP contribution in [0.4, 0.5) is 30.7 Å². The number of halogens is 7. The van der Waals surface area contributed by atoms with Gasteiger partial charge in [-0.3, -0.25) is 0 Å². The first kappa shape index (κ1) is 27.4. The summed E-state index contributed by atoms with van der Waals surface area (Å²) < 4.78 is 127. The van der Waals surface area contributed by atoms with E-state index in [1.165, 1.54) is 10.6 Å². The van der Waals surface area contributed by atoms with E-state index in [4.69, 9.17) is 0 Å². The standard InChI is InChI=1S/C25H25F7N2O2S/c1-23(2,3)13-34-12-18(22(25(30,31)32)33-37(35,36)14-8-9-14)17-11-10-16(20(26)21(17)34)15-6-4-5-7-19(15)24(27,28)29/h4-7,10-12,14,22,33H,8-9,13H2,1-3H3/t22-/m0/s1. The van der Waals surface area contributed by atoms with E-state index in [1.807, 2.05) is 0 Å². The molecule has 0 unspecified atom stereocenters. The fourth-order valence-corrected chi connectivity index (χ4v) is 5.90. The summed E-state index contributed by atoms with van der Waals surface area (Å²) in [5, 5.41) is -1.17. The van der Waals surface area contributed by atoms with Gasteiger partial charge in [-0.05, 0) is 29.9 Å². The van der Waals surface area contributed by atoms with Crippen LogP contribution in [0.5, 0.6) is 0 Å². The van der Waals surface area contributed by atoms with E-state index in [9.17, 15) is 34.8 Å². The van der Waals surface area contributed by atoms with Crippen molar-refractivity contribution in [3.63, 3.8) is 0 Å². The highest BCUT2D eigenvalue weighted by Crippen LogP contribution is 2.44. The summed E-state index contributed by atoms with van der Waals surface area (Å²) in [6, 6.07) is 3.80. The zero-order valence-corrected chi connectivity index (χ0v) is 21.0. The molecule has 1 N–H and O–H groups in total. The molecule has 2 aromatic carbocycles. The van der Waals surface area contributed by atoms with Gasteiger partial charge < -0.3 is 4.57 Å². The van der Waals surface area contributed by atoms with Crippen molar-refractivity contribution >= 4 is 20.9 Å². The molecule has 3 aromatic rings. The molecule has 4 rings (SSSR count). The summed E-state index contributed by atoms with van der Waals surface area (Å²) >= 11 is 0. The van der Waals surface area contributed by atoms with E-state index in [1.54, 1.807) is 25.5 Å². The molecule has 0 saturated heterocycles. The SMILES string of the molecule is CC(C)(C)Cn1cc([C@H](NS(=O)(=O)C2CC2)C(F)(F)F)c2ccc(-c3ccccc3C(F)(F)F)c(F)c21. The Labute approximate surface area is 209 Å². The number of hydrogen-bond acceptors (Lipinski definition) is 2. The van der Waals surface area contributed by atoms with Crippen molar-refractivity contribution in [1.29, 1.82) is 0 Å². The summed E-state index contributed by atoms with van der Waals surface area (Å²) in [4.78, 5) is 0. The monoisotopic (exact) mass is 550 g/mol. The summed E-state index contributed by atoms with van der Waals surface area (Å²) in [5.41, 5.74) is -3.39. The van der Waals surface area contributed by atoms with Crippen LogP contribution in [0.2, 0.25) is 0 Å². The summed E-state index contributed by atoms with van der Waals surface area (Å²) in [6.07, 6.45) is -8.34. The quantitative estimate of drug-likeness (QED) is 0.330. The minimum absolute atomic E-state index is 0.0186. The number of alkyl halides is 6. The predicted molar refractivity (Wildman–Crippen MR) is 126 cm³/mol. The van der Waals surface area contributed by atoms with Crippen molar-refractivity contribution in [3.8, 4) is 11.1 Å². The average molecular weight is 551 g/mol. The highest BCUT2D eigenvalue weighted by molar-refractivity contribution is 7.90. The number of nitrogens with zero attached hydrogens (tertiary/aromatic N) is 1. The van der Waals surface area contributed by atoms with Crippen LogP contribution in [0.1, 0.15) is 50.8 Å². The first-order valence-corrected chi connectivity index (χ1v) is 13.0. The molecule has 37 heavy (non-hydrogen) atoms. The van der Waals surface area contributed by atoms with Crippen LogP contribution in [-0.4, -0.2) is 24.4 Å². The number of hydrogen-bond donors (Lipinski definition) is 1. The Balaban J connectivity index is 1.97. The third-order valence-corrected chi connectivity index (χ3v) is 7.97. The van der Waals surface area contributed by atoms with E-state index in [0.717, 1.165) is 36.5 Å². The lowest BCUT2D eigenvalue weighted by atomic mass is 9.95. The van der Waals surface area contributed by atoms with Crippen LogP contribution in [0, 0.1) is 11.2 Å². The van der Waals surface area contributed by atoms with Gasteiger partial charge >= 0.3 is 12.4 Å². The van der Waals surface area contributed by atoms with Crippen LogP contribution in [-0.2, 0) is 22.7 Å². The lowest BCUT2D eigenvalue weighted by Crippen LogP contribution is -2.39. The fourth-order valence-electron chi connectivity index (χ4n) is 4.36. The molecule has 0 radical (unpaired) electrons. The smallest absolute Gasteiger partial charge is 0.344 e. The molecule has 1 aromatic heterocycles. The Morgan fingerprint density at radius 2 is 1.59 bits per heavy atom. The molecule has 1 fully saturated rings. The maximum Gasteiger partial charge on any atom is 0.417 e. The van der Waals surface area contributed by atoms with Crippen LogP contribution in [0.3, 0.4) is 0 Å². The molecule has 1 atom stereocenters. The molecule has 1 heterocycles. The zero-order valence-electron chi connectivity index (χ0n) is 20.1. The Hall–Kier alpha value is -2.60. The molecule has 0 spiro atoms. The molecular formula is C25H25F7N2O2S. The molecule has 202 valence electrons. The highest BCUT2D eigenvalue weighted by Gasteiger charge is 2.48. The van der Waals surface area contributed by atoms with Crippen LogP contribution in [0.25, 0.3) is 22.0 Å². The Kier molecular flexibility index (Phi) is 6.68. The number of fused-ring (bicyclic) bond motifs is 1. The topological polar surface area (TPSA) is 51.1 Å². The van der Waals surface area contributed by atoms with Crippen LogP contribution >= 0.6 is 0 Å². The first-order valence-electron chi connectivity index (χ1n) is 11.5.